The Hall–Kier alpha value is -2.04. The maximum atomic E-state index is 4.68. The Balaban J connectivity index is 1.63. The molecule has 1 aromatic carbocycles. The number of rotatable bonds is 3. The third-order valence-electron chi connectivity index (χ3n) is 5.38. The zero-order chi connectivity index (χ0) is 17.2. The lowest BCUT2D eigenvalue weighted by Crippen LogP contribution is -2.39. The smallest absolute Gasteiger partial charge is 0.116 e. The SMILES string of the molecule is C[C@@H]1Cc2ncnc(C3=CCCN(C)C3)c2CN1Cc1ccccc1. The topological polar surface area (TPSA) is 32.3 Å². The highest BCUT2D eigenvalue weighted by molar-refractivity contribution is 5.68. The maximum absolute atomic E-state index is 4.68. The molecule has 130 valence electrons. The van der Waals surface area contributed by atoms with E-state index >= 15 is 0 Å². The molecule has 0 aliphatic carbocycles. The molecule has 0 unspecified atom stereocenters. The molecule has 0 fully saturated rings. The number of hydrogen-bond donors (Lipinski definition) is 0. The van der Waals surface area contributed by atoms with E-state index in [2.05, 4.69) is 70.1 Å². The summed E-state index contributed by atoms with van der Waals surface area (Å²) in [4.78, 5) is 14.2. The van der Waals surface area contributed by atoms with Gasteiger partial charge in [0.15, 0.2) is 0 Å². The van der Waals surface area contributed by atoms with Crippen molar-refractivity contribution in [2.24, 2.45) is 0 Å². The van der Waals surface area contributed by atoms with Crippen molar-refractivity contribution >= 4 is 5.57 Å². The molecule has 2 aromatic rings. The summed E-state index contributed by atoms with van der Waals surface area (Å²) in [6.45, 7) is 6.34. The Labute approximate surface area is 150 Å². The first-order valence-corrected chi connectivity index (χ1v) is 9.19. The van der Waals surface area contributed by atoms with Gasteiger partial charge in [-0.3, -0.25) is 4.90 Å². The Bertz CT molecular complexity index is 769. The van der Waals surface area contributed by atoms with Crippen molar-refractivity contribution in [3.63, 3.8) is 0 Å². The Morgan fingerprint density at radius 3 is 2.76 bits per heavy atom. The molecule has 0 spiro atoms. The average molecular weight is 334 g/mol. The molecular weight excluding hydrogens is 308 g/mol. The molecule has 2 aliphatic heterocycles. The molecule has 1 atom stereocenters. The van der Waals surface area contributed by atoms with Crippen LogP contribution < -0.4 is 0 Å². The van der Waals surface area contributed by atoms with E-state index in [-0.39, 0.29) is 0 Å². The number of hydrogen-bond acceptors (Lipinski definition) is 4. The highest BCUT2D eigenvalue weighted by atomic mass is 15.2. The standard InChI is InChI=1S/C21H26N4/c1-16-11-20-19(14-25(16)12-17-7-4-3-5-8-17)21(23-15-22-20)18-9-6-10-24(2)13-18/h3-5,7-9,15-16H,6,10-14H2,1-2H3/t16-/m1/s1. The van der Waals surface area contributed by atoms with Gasteiger partial charge in [0.2, 0.25) is 0 Å². The molecule has 1 aromatic heterocycles. The van der Waals surface area contributed by atoms with Crippen molar-refractivity contribution in [2.45, 2.75) is 38.9 Å². The molecule has 0 amide bonds. The van der Waals surface area contributed by atoms with Crippen LogP contribution in [-0.2, 0) is 19.5 Å². The van der Waals surface area contributed by atoms with Gasteiger partial charge in [-0.2, -0.15) is 0 Å². The number of aromatic nitrogens is 2. The van der Waals surface area contributed by atoms with E-state index in [4.69, 9.17) is 0 Å². The molecule has 0 N–H and O–H groups in total. The summed E-state index contributed by atoms with van der Waals surface area (Å²) in [6, 6.07) is 11.2. The molecule has 4 heteroatoms. The van der Waals surface area contributed by atoms with Gasteiger partial charge in [-0.05, 0) is 31.5 Å². The van der Waals surface area contributed by atoms with Crippen molar-refractivity contribution in [3.8, 4) is 0 Å². The number of fused-ring (bicyclic) bond motifs is 1. The van der Waals surface area contributed by atoms with Gasteiger partial charge >= 0.3 is 0 Å². The molecule has 0 saturated heterocycles. The third kappa shape index (κ3) is 3.51. The quantitative estimate of drug-likeness (QED) is 0.863. The van der Waals surface area contributed by atoms with E-state index in [1.54, 1.807) is 6.33 Å². The van der Waals surface area contributed by atoms with Crippen molar-refractivity contribution in [1.82, 2.24) is 19.8 Å². The van der Waals surface area contributed by atoms with Crippen LogP contribution in [0, 0.1) is 0 Å². The van der Waals surface area contributed by atoms with Crippen LogP contribution in [0.1, 0.15) is 35.9 Å². The fourth-order valence-electron chi connectivity index (χ4n) is 3.93. The summed E-state index contributed by atoms with van der Waals surface area (Å²) in [5, 5.41) is 0. The van der Waals surface area contributed by atoms with Gasteiger partial charge in [0.1, 0.15) is 6.33 Å². The van der Waals surface area contributed by atoms with Crippen molar-refractivity contribution < 1.29 is 0 Å². The summed E-state index contributed by atoms with van der Waals surface area (Å²) >= 11 is 0. The van der Waals surface area contributed by atoms with E-state index in [9.17, 15) is 0 Å². The summed E-state index contributed by atoms with van der Waals surface area (Å²) in [5.74, 6) is 0. The zero-order valence-electron chi connectivity index (χ0n) is 15.2. The average Bonchev–Trinajstić information content (AvgIpc) is 2.63. The molecule has 0 radical (unpaired) electrons. The lowest BCUT2D eigenvalue weighted by molar-refractivity contribution is 0.172. The minimum atomic E-state index is 0.499. The molecule has 4 nitrogen and oxygen atoms in total. The second kappa shape index (κ2) is 7.06. The first-order chi connectivity index (χ1) is 12.2. The number of likely N-dealkylation sites (N-methyl/N-ethyl adjacent to an activating group) is 1. The Kier molecular flexibility index (Phi) is 4.64. The lowest BCUT2D eigenvalue weighted by atomic mass is 9.94. The van der Waals surface area contributed by atoms with Crippen LogP contribution >= 0.6 is 0 Å². The third-order valence-corrected chi connectivity index (χ3v) is 5.38. The first kappa shape index (κ1) is 16.4. The molecule has 4 rings (SSSR count). The Morgan fingerprint density at radius 1 is 1.12 bits per heavy atom. The molecule has 2 aliphatic rings. The minimum Gasteiger partial charge on any atom is -0.302 e. The molecule has 25 heavy (non-hydrogen) atoms. The molecule has 0 bridgehead atoms. The maximum Gasteiger partial charge on any atom is 0.116 e. The van der Waals surface area contributed by atoms with Gasteiger partial charge in [-0.15, -0.1) is 0 Å². The van der Waals surface area contributed by atoms with E-state index in [1.165, 1.54) is 28.1 Å². The fourth-order valence-corrected chi connectivity index (χ4v) is 3.93. The number of nitrogens with zero attached hydrogens (tertiary/aromatic N) is 4. The lowest BCUT2D eigenvalue weighted by Gasteiger charge is -2.35. The summed E-state index contributed by atoms with van der Waals surface area (Å²) < 4.78 is 0. The minimum absolute atomic E-state index is 0.499. The summed E-state index contributed by atoms with van der Waals surface area (Å²) in [6.07, 6.45) is 6.22. The van der Waals surface area contributed by atoms with Crippen LogP contribution in [0.15, 0.2) is 42.7 Å². The van der Waals surface area contributed by atoms with Crippen LogP contribution in [0.5, 0.6) is 0 Å². The summed E-state index contributed by atoms with van der Waals surface area (Å²) in [7, 11) is 2.18. The predicted octanol–water partition coefficient (Wildman–Crippen LogP) is 3.14. The van der Waals surface area contributed by atoms with Gasteiger partial charge in [-0.25, -0.2) is 9.97 Å². The van der Waals surface area contributed by atoms with Crippen LogP contribution in [0.3, 0.4) is 0 Å². The van der Waals surface area contributed by atoms with Crippen molar-refractivity contribution in [1.29, 1.82) is 0 Å². The first-order valence-electron chi connectivity index (χ1n) is 9.19. The van der Waals surface area contributed by atoms with Crippen LogP contribution in [-0.4, -0.2) is 45.9 Å². The number of benzene rings is 1. The molecular formula is C21H26N4. The van der Waals surface area contributed by atoms with Gasteiger partial charge in [0.05, 0.1) is 11.4 Å². The van der Waals surface area contributed by atoms with Crippen LogP contribution in [0.4, 0.5) is 0 Å². The summed E-state index contributed by atoms with van der Waals surface area (Å²) in [5.41, 5.74) is 6.46. The van der Waals surface area contributed by atoms with E-state index < -0.39 is 0 Å². The van der Waals surface area contributed by atoms with Gasteiger partial charge < -0.3 is 4.90 Å². The van der Waals surface area contributed by atoms with E-state index in [1.807, 2.05) is 0 Å². The van der Waals surface area contributed by atoms with Crippen molar-refractivity contribution in [3.05, 3.63) is 65.2 Å². The van der Waals surface area contributed by atoms with Gasteiger partial charge in [-0.1, -0.05) is 36.4 Å². The van der Waals surface area contributed by atoms with Crippen LogP contribution in [0.25, 0.3) is 5.57 Å². The van der Waals surface area contributed by atoms with Crippen molar-refractivity contribution in [2.75, 3.05) is 20.1 Å². The molecule has 0 saturated carbocycles. The zero-order valence-corrected chi connectivity index (χ0v) is 15.2. The highest BCUT2D eigenvalue weighted by Gasteiger charge is 2.27. The second-order valence-electron chi connectivity index (χ2n) is 7.35. The van der Waals surface area contributed by atoms with Crippen LogP contribution in [0.2, 0.25) is 0 Å². The molecule has 3 heterocycles. The predicted molar refractivity (Wildman–Crippen MR) is 101 cm³/mol. The monoisotopic (exact) mass is 334 g/mol. The largest absolute Gasteiger partial charge is 0.302 e. The normalized spacial score (nSPS) is 21.7. The van der Waals surface area contributed by atoms with E-state index in [0.717, 1.165) is 39.0 Å². The van der Waals surface area contributed by atoms with Gasteiger partial charge in [0.25, 0.3) is 0 Å². The fraction of sp³-hybridized carbons (Fsp3) is 0.429. The van der Waals surface area contributed by atoms with Gasteiger partial charge in [0, 0.05) is 44.2 Å². The highest BCUT2D eigenvalue weighted by Crippen LogP contribution is 2.29. The Morgan fingerprint density at radius 2 is 1.96 bits per heavy atom. The van der Waals surface area contributed by atoms with E-state index in [0.29, 0.717) is 6.04 Å². The second-order valence-corrected chi connectivity index (χ2v) is 7.35.